The number of rotatable bonds is 7. The third kappa shape index (κ3) is 5.54. The van der Waals surface area contributed by atoms with E-state index >= 15 is 0 Å². The molecule has 0 aliphatic heterocycles. The molecule has 1 aromatic rings. The first-order chi connectivity index (χ1) is 14.6. The first-order valence-electron chi connectivity index (χ1n) is 12.8. The molecule has 5 unspecified atom stereocenters. The van der Waals surface area contributed by atoms with Crippen molar-refractivity contribution in [3.8, 4) is 0 Å². The van der Waals surface area contributed by atoms with E-state index in [0.717, 1.165) is 31.1 Å². The Morgan fingerprint density at radius 1 is 0.933 bits per heavy atom. The maximum atomic E-state index is 12.6. The van der Waals surface area contributed by atoms with Crippen molar-refractivity contribution < 1.29 is 8.78 Å². The molecule has 0 N–H and O–H groups in total. The highest BCUT2D eigenvalue weighted by Gasteiger charge is 2.36. The first-order valence-corrected chi connectivity index (χ1v) is 12.8. The molecule has 0 aromatic heterocycles. The molecule has 2 saturated carbocycles. The molecule has 30 heavy (non-hydrogen) atoms. The molecule has 0 heterocycles. The molecule has 1 aromatic carbocycles. The molecule has 3 aliphatic carbocycles. The van der Waals surface area contributed by atoms with Crippen LogP contribution in [0.25, 0.3) is 0 Å². The molecule has 0 nitrogen and oxygen atoms in total. The molecule has 0 bridgehead atoms. The van der Waals surface area contributed by atoms with Crippen LogP contribution in [0.5, 0.6) is 0 Å². The standard InChI is InChI=1S/C28H40F2/c1-2-3-4-5-6-20-7-9-24-18-26(13-11-22(24)15-20)27-14-12-23-16-21(17-28(29)30)8-10-25(23)19-27/h11,13,17-18,20-21,23,25,27H,2-10,12,14-16,19H2,1H3. The quantitative estimate of drug-likeness (QED) is 0.391. The van der Waals surface area contributed by atoms with Crippen molar-refractivity contribution in [3.63, 3.8) is 0 Å². The summed E-state index contributed by atoms with van der Waals surface area (Å²) in [4.78, 5) is 0. The molecule has 3 aliphatic rings. The van der Waals surface area contributed by atoms with Crippen LogP contribution >= 0.6 is 0 Å². The maximum absolute atomic E-state index is 12.6. The van der Waals surface area contributed by atoms with Crippen LogP contribution in [0.2, 0.25) is 0 Å². The fourth-order valence-corrected chi connectivity index (χ4v) is 6.77. The lowest BCUT2D eigenvalue weighted by molar-refractivity contribution is 0.132. The summed E-state index contributed by atoms with van der Waals surface area (Å²) in [5.74, 6) is 3.12. The van der Waals surface area contributed by atoms with Crippen LogP contribution in [0.3, 0.4) is 0 Å². The average molecular weight is 415 g/mol. The fourth-order valence-electron chi connectivity index (χ4n) is 6.77. The van der Waals surface area contributed by atoms with Gasteiger partial charge < -0.3 is 0 Å². The van der Waals surface area contributed by atoms with Gasteiger partial charge in [-0.25, -0.2) is 0 Å². The number of hydrogen-bond acceptors (Lipinski definition) is 0. The SMILES string of the molecule is CCCCCCC1CCc2cc(C3CCC4CC(C=C(F)F)CCC4C3)ccc2C1. The number of hydrogen-bond donors (Lipinski definition) is 0. The van der Waals surface area contributed by atoms with E-state index in [0.29, 0.717) is 11.8 Å². The van der Waals surface area contributed by atoms with E-state index in [2.05, 4.69) is 25.1 Å². The summed E-state index contributed by atoms with van der Waals surface area (Å²) in [5, 5.41) is 0. The van der Waals surface area contributed by atoms with Crippen molar-refractivity contribution in [2.45, 2.75) is 103 Å². The van der Waals surface area contributed by atoms with Crippen LogP contribution < -0.4 is 0 Å². The average Bonchev–Trinajstić information content (AvgIpc) is 2.75. The summed E-state index contributed by atoms with van der Waals surface area (Å²) in [7, 11) is 0. The molecule has 5 atom stereocenters. The highest BCUT2D eigenvalue weighted by molar-refractivity contribution is 5.36. The molecular weight excluding hydrogens is 374 g/mol. The zero-order valence-corrected chi connectivity index (χ0v) is 18.9. The van der Waals surface area contributed by atoms with E-state index in [1.54, 1.807) is 16.7 Å². The van der Waals surface area contributed by atoms with Crippen molar-refractivity contribution in [1.29, 1.82) is 0 Å². The van der Waals surface area contributed by atoms with Gasteiger partial charge in [-0.3, -0.25) is 0 Å². The molecule has 2 heteroatoms. The third-order valence-corrected chi connectivity index (χ3v) is 8.51. The second-order valence-corrected chi connectivity index (χ2v) is 10.5. The van der Waals surface area contributed by atoms with Crippen LogP contribution in [-0.2, 0) is 12.8 Å². The minimum Gasteiger partial charge on any atom is -0.174 e. The number of benzene rings is 1. The van der Waals surface area contributed by atoms with Gasteiger partial charge in [0.25, 0.3) is 6.08 Å². The summed E-state index contributed by atoms with van der Waals surface area (Å²) >= 11 is 0. The van der Waals surface area contributed by atoms with Crippen molar-refractivity contribution in [2.24, 2.45) is 23.7 Å². The zero-order chi connectivity index (χ0) is 20.9. The molecule has 4 rings (SSSR count). The normalized spacial score (nSPS) is 31.0. The number of aryl methyl sites for hydroxylation is 1. The Balaban J connectivity index is 1.32. The number of halogens is 2. The lowest BCUT2D eigenvalue weighted by Gasteiger charge is -2.42. The molecule has 0 radical (unpaired) electrons. The Hall–Kier alpha value is -1.18. The van der Waals surface area contributed by atoms with Crippen molar-refractivity contribution in [1.82, 2.24) is 0 Å². The van der Waals surface area contributed by atoms with Gasteiger partial charge >= 0.3 is 0 Å². The van der Waals surface area contributed by atoms with E-state index in [1.807, 2.05) is 0 Å². The van der Waals surface area contributed by atoms with Gasteiger partial charge in [-0.15, -0.1) is 0 Å². The minimum atomic E-state index is -1.48. The molecule has 0 amide bonds. The Morgan fingerprint density at radius 2 is 1.77 bits per heavy atom. The monoisotopic (exact) mass is 414 g/mol. The Labute approximate surface area is 182 Å². The van der Waals surface area contributed by atoms with Gasteiger partial charge in [0, 0.05) is 0 Å². The summed E-state index contributed by atoms with van der Waals surface area (Å²) in [5.41, 5.74) is 4.79. The maximum Gasteiger partial charge on any atom is 0.266 e. The highest BCUT2D eigenvalue weighted by Crippen LogP contribution is 2.48. The Kier molecular flexibility index (Phi) is 7.65. The fraction of sp³-hybridized carbons (Fsp3) is 0.714. The van der Waals surface area contributed by atoms with E-state index in [1.165, 1.54) is 76.7 Å². The summed E-state index contributed by atoms with van der Waals surface area (Å²) in [6, 6.07) is 7.41. The molecule has 0 spiro atoms. The molecule has 166 valence electrons. The number of unbranched alkanes of at least 4 members (excludes halogenated alkanes) is 3. The summed E-state index contributed by atoms with van der Waals surface area (Å²) in [6.07, 6.45) is 17.4. The lowest BCUT2D eigenvalue weighted by atomic mass is 9.63. The van der Waals surface area contributed by atoms with Crippen molar-refractivity contribution >= 4 is 0 Å². The van der Waals surface area contributed by atoms with Crippen molar-refractivity contribution in [3.05, 3.63) is 47.0 Å². The predicted octanol–water partition coefficient (Wildman–Crippen LogP) is 8.84. The predicted molar refractivity (Wildman–Crippen MR) is 122 cm³/mol. The van der Waals surface area contributed by atoms with Gasteiger partial charge in [-0.1, -0.05) is 57.2 Å². The van der Waals surface area contributed by atoms with E-state index in [4.69, 9.17) is 0 Å². The Morgan fingerprint density at radius 3 is 2.60 bits per heavy atom. The van der Waals surface area contributed by atoms with Crippen LogP contribution in [-0.4, -0.2) is 0 Å². The van der Waals surface area contributed by atoms with Gasteiger partial charge in [-0.05, 0) is 110 Å². The largest absolute Gasteiger partial charge is 0.266 e. The van der Waals surface area contributed by atoms with E-state index in [-0.39, 0.29) is 5.92 Å². The van der Waals surface area contributed by atoms with E-state index < -0.39 is 6.08 Å². The second-order valence-electron chi connectivity index (χ2n) is 10.5. The lowest BCUT2D eigenvalue weighted by Crippen LogP contribution is -2.30. The summed E-state index contributed by atoms with van der Waals surface area (Å²) < 4.78 is 25.3. The van der Waals surface area contributed by atoms with Gasteiger partial charge in [0.05, 0.1) is 0 Å². The highest BCUT2D eigenvalue weighted by atomic mass is 19.3. The Bertz CT molecular complexity index is 717. The van der Waals surface area contributed by atoms with Gasteiger partial charge in [0.1, 0.15) is 0 Å². The second kappa shape index (κ2) is 10.4. The van der Waals surface area contributed by atoms with Crippen LogP contribution in [0.15, 0.2) is 30.4 Å². The van der Waals surface area contributed by atoms with Crippen LogP contribution in [0.1, 0.15) is 107 Å². The molecule has 2 fully saturated rings. The number of allylic oxidation sites excluding steroid dienone is 1. The number of fused-ring (bicyclic) bond motifs is 2. The van der Waals surface area contributed by atoms with Crippen LogP contribution in [0, 0.1) is 23.7 Å². The van der Waals surface area contributed by atoms with Gasteiger partial charge in [-0.2, -0.15) is 8.78 Å². The first kappa shape index (κ1) is 22.0. The molecule has 0 saturated heterocycles. The van der Waals surface area contributed by atoms with Crippen LogP contribution in [0.4, 0.5) is 8.78 Å². The zero-order valence-electron chi connectivity index (χ0n) is 18.9. The third-order valence-electron chi connectivity index (χ3n) is 8.51. The van der Waals surface area contributed by atoms with Gasteiger partial charge in [0.15, 0.2) is 0 Å². The van der Waals surface area contributed by atoms with Gasteiger partial charge in [0.2, 0.25) is 0 Å². The molecular formula is C28H40F2. The summed E-state index contributed by atoms with van der Waals surface area (Å²) in [6.45, 7) is 2.29. The topological polar surface area (TPSA) is 0 Å². The smallest absolute Gasteiger partial charge is 0.174 e. The minimum absolute atomic E-state index is 0.117. The van der Waals surface area contributed by atoms with Crippen molar-refractivity contribution in [2.75, 3.05) is 0 Å². The van der Waals surface area contributed by atoms with E-state index in [9.17, 15) is 8.78 Å².